The van der Waals surface area contributed by atoms with Gasteiger partial charge in [-0.3, -0.25) is 0 Å². The predicted octanol–water partition coefficient (Wildman–Crippen LogP) is 4.45. The zero-order chi connectivity index (χ0) is 16.3. The van der Waals surface area contributed by atoms with E-state index in [1.807, 2.05) is 0 Å². The molecular weight excluding hydrogens is 300 g/mol. The minimum atomic E-state index is 0.447. The molecule has 23 heavy (non-hydrogen) atoms. The number of nitrogens with zero attached hydrogens (tertiary/aromatic N) is 1. The van der Waals surface area contributed by atoms with Gasteiger partial charge in [0.2, 0.25) is 0 Å². The molecule has 0 atom stereocenters. The minimum Gasteiger partial charge on any atom is -0.398 e. The Morgan fingerprint density at radius 2 is 2.00 bits per heavy atom. The number of benzene rings is 1. The smallest absolute Gasteiger partial charge is 0.0390 e. The van der Waals surface area contributed by atoms with Gasteiger partial charge in [0.1, 0.15) is 0 Å². The quantitative estimate of drug-likeness (QED) is 0.827. The molecule has 3 heteroatoms. The first kappa shape index (κ1) is 16.9. The summed E-state index contributed by atoms with van der Waals surface area (Å²) < 4.78 is 0. The number of thioether (sulfide) groups is 1. The van der Waals surface area contributed by atoms with E-state index in [-0.39, 0.29) is 0 Å². The van der Waals surface area contributed by atoms with Crippen LogP contribution in [0.2, 0.25) is 0 Å². The van der Waals surface area contributed by atoms with Gasteiger partial charge in [-0.2, -0.15) is 11.8 Å². The topological polar surface area (TPSA) is 29.3 Å². The summed E-state index contributed by atoms with van der Waals surface area (Å²) in [6.07, 6.45) is 7.13. The molecule has 0 bridgehead atoms. The Hall–Kier alpha value is -0.930. The first-order valence-electron chi connectivity index (χ1n) is 8.91. The fourth-order valence-corrected chi connectivity index (χ4v) is 4.45. The van der Waals surface area contributed by atoms with Crippen LogP contribution in [-0.2, 0) is 6.42 Å². The molecule has 3 rings (SSSR count). The van der Waals surface area contributed by atoms with Crippen LogP contribution in [0.1, 0.15) is 44.2 Å². The SMILES string of the molecule is CC1(C)CC=C(c2cc(CCN3CCSCC3)ccc2N)CC1. The van der Waals surface area contributed by atoms with E-state index in [0.29, 0.717) is 5.41 Å². The largest absolute Gasteiger partial charge is 0.398 e. The second kappa shape index (κ2) is 7.31. The highest BCUT2D eigenvalue weighted by atomic mass is 32.2. The number of hydrogen-bond donors (Lipinski definition) is 1. The average molecular weight is 331 g/mol. The highest BCUT2D eigenvalue weighted by Gasteiger charge is 2.22. The Bertz CT molecular complexity index is 571. The highest BCUT2D eigenvalue weighted by Crippen LogP contribution is 2.39. The van der Waals surface area contributed by atoms with Crippen LogP contribution in [0.5, 0.6) is 0 Å². The Balaban J connectivity index is 1.68. The summed E-state index contributed by atoms with van der Waals surface area (Å²) in [5.41, 5.74) is 11.8. The molecule has 0 unspecified atom stereocenters. The van der Waals surface area contributed by atoms with Crippen molar-refractivity contribution in [2.75, 3.05) is 36.9 Å². The van der Waals surface area contributed by atoms with Crippen molar-refractivity contribution < 1.29 is 0 Å². The van der Waals surface area contributed by atoms with E-state index in [0.717, 1.165) is 24.9 Å². The van der Waals surface area contributed by atoms with Crippen molar-refractivity contribution in [3.05, 3.63) is 35.4 Å². The van der Waals surface area contributed by atoms with Crippen LogP contribution in [0.3, 0.4) is 0 Å². The first-order valence-corrected chi connectivity index (χ1v) is 10.1. The van der Waals surface area contributed by atoms with E-state index < -0.39 is 0 Å². The lowest BCUT2D eigenvalue weighted by Gasteiger charge is -2.29. The van der Waals surface area contributed by atoms with Crippen LogP contribution >= 0.6 is 11.8 Å². The van der Waals surface area contributed by atoms with Gasteiger partial charge in [0.15, 0.2) is 0 Å². The van der Waals surface area contributed by atoms with E-state index in [9.17, 15) is 0 Å². The van der Waals surface area contributed by atoms with Gasteiger partial charge < -0.3 is 10.6 Å². The second-order valence-corrected chi connectivity index (χ2v) is 8.95. The van der Waals surface area contributed by atoms with Gasteiger partial charge in [0, 0.05) is 42.4 Å². The van der Waals surface area contributed by atoms with Crippen LogP contribution in [0, 0.1) is 5.41 Å². The standard InChI is InChI=1S/C20H30N2S/c1-20(2)8-5-17(6-9-20)18-15-16(3-4-19(18)21)7-10-22-11-13-23-14-12-22/h3-5,15H,6-14,21H2,1-2H3. The molecule has 0 amide bonds. The minimum absolute atomic E-state index is 0.447. The summed E-state index contributed by atoms with van der Waals surface area (Å²) in [5, 5.41) is 0. The number of rotatable bonds is 4. The molecule has 0 saturated carbocycles. The van der Waals surface area contributed by atoms with E-state index in [1.54, 1.807) is 0 Å². The van der Waals surface area contributed by atoms with E-state index in [4.69, 9.17) is 5.73 Å². The lowest BCUT2D eigenvalue weighted by atomic mass is 9.76. The third-order valence-corrected chi connectivity index (χ3v) is 6.20. The average Bonchev–Trinajstić information content (AvgIpc) is 2.55. The van der Waals surface area contributed by atoms with Crippen LogP contribution in [0.25, 0.3) is 5.57 Å². The van der Waals surface area contributed by atoms with Crippen molar-refractivity contribution in [2.45, 2.75) is 39.5 Å². The van der Waals surface area contributed by atoms with Crippen LogP contribution in [-0.4, -0.2) is 36.0 Å². The molecule has 1 aromatic rings. The Labute approximate surface area is 145 Å². The number of hydrogen-bond acceptors (Lipinski definition) is 3. The second-order valence-electron chi connectivity index (χ2n) is 7.72. The lowest BCUT2D eigenvalue weighted by Crippen LogP contribution is -2.34. The van der Waals surface area contributed by atoms with Crippen molar-refractivity contribution in [2.24, 2.45) is 5.41 Å². The zero-order valence-corrected chi connectivity index (χ0v) is 15.4. The Morgan fingerprint density at radius 1 is 1.22 bits per heavy atom. The van der Waals surface area contributed by atoms with E-state index in [2.05, 4.69) is 54.8 Å². The van der Waals surface area contributed by atoms with Crippen molar-refractivity contribution in [1.82, 2.24) is 4.90 Å². The Morgan fingerprint density at radius 3 is 2.70 bits per heavy atom. The van der Waals surface area contributed by atoms with Gasteiger partial charge in [-0.05, 0) is 54.4 Å². The van der Waals surface area contributed by atoms with E-state index >= 15 is 0 Å². The summed E-state index contributed by atoms with van der Waals surface area (Å²) in [6.45, 7) is 8.38. The summed E-state index contributed by atoms with van der Waals surface area (Å²) in [6, 6.07) is 6.67. The van der Waals surface area contributed by atoms with Gasteiger partial charge in [-0.1, -0.05) is 26.0 Å². The molecule has 0 spiro atoms. The molecule has 1 fully saturated rings. The molecule has 0 radical (unpaired) electrons. The van der Waals surface area contributed by atoms with Crippen molar-refractivity contribution in [3.8, 4) is 0 Å². The molecule has 126 valence electrons. The maximum Gasteiger partial charge on any atom is 0.0390 e. The summed E-state index contributed by atoms with van der Waals surface area (Å²) in [4.78, 5) is 2.59. The number of nitrogen functional groups attached to an aromatic ring is 1. The molecule has 2 aliphatic rings. The summed E-state index contributed by atoms with van der Waals surface area (Å²) in [5.74, 6) is 2.57. The fourth-order valence-electron chi connectivity index (χ4n) is 3.47. The summed E-state index contributed by atoms with van der Waals surface area (Å²) in [7, 11) is 0. The van der Waals surface area contributed by atoms with Crippen LogP contribution < -0.4 is 5.73 Å². The zero-order valence-electron chi connectivity index (χ0n) is 14.6. The van der Waals surface area contributed by atoms with Crippen LogP contribution in [0.4, 0.5) is 5.69 Å². The third kappa shape index (κ3) is 4.54. The highest BCUT2D eigenvalue weighted by molar-refractivity contribution is 7.99. The molecule has 1 aromatic carbocycles. The van der Waals surface area contributed by atoms with Gasteiger partial charge in [-0.25, -0.2) is 0 Å². The maximum absolute atomic E-state index is 6.27. The van der Waals surface area contributed by atoms with Crippen molar-refractivity contribution >= 4 is 23.0 Å². The number of nitrogens with two attached hydrogens (primary N) is 1. The van der Waals surface area contributed by atoms with Gasteiger partial charge >= 0.3 is 0 Å². The van der Waals surface area contributed by atoms with Gasteiger partial charge in [0.05, 0.1) is 0 Å². The fraction of sp³-hybridized carbons (Fsp3) is 0.600. The third-order valence-electron chi connectivity index (χ3n) is 5.26. The van der Waals surface area contributed by atoms with Crippen molar-refractivity contribution in [1.29, 1.82) is 0 Å². The number of anilines is 1. The Kier molecular flexibility index (Phi) is 5.38. The van der Waals surface area contributed by atoms with Crippen molar-refractivity contribution in [3.63, 3.8) is 0 Å². The van der Waals surface area contributed by atoms with Gasteiger partial charge in [-0.15, -0.1) is 0 Å². The predicted molar refractivity (Wildman–Crippen MR) is 104 cm³/mol. The molecule has 2 nitrogen and oxygen atoms in total. The van der Waals surface area contributed by atoms with E-state index in [1.165, 1.54) is 54.3 Å². The van der Waals surface area contributed by atoms with Gasteiger partial charge in [0.25, 0.3) is 0 Å². The lowest BCUT2D eigenvalue weighted by molar-refractivity contribution is 0.306. The monoisotopic (exact) mass is 330 g/mol. The molecular formula is C20H30N2S. The molecule has 1 heterocycles. The molecule has 0 aromatic heterocycles. The van der Waals surface area contributed by atoms with Crippen LogP contribution in [0.15, 0.2) is 24.3 Å². The number of allylic oxidation sites excluding steroid dienone is 2. The molecule has 1 aliphatic carbocycles. The molecule has 2 N–H and O–H groups in total. The molecule has 1 saturated heterocycles. The normalized spacial score (nSPS) is 21.9. The maximum atomic E-state index is 6.27. The molecule has 1 aliphatic heterocycles. The summed E-state index contributed by atoms with van der Waals surface area (Å²) >= 11 is 2.08. The first-order chi connectivity index (χ1) is 11.0.